The van der Waals surface area contributed by atoms with E-state index in [1.54, 1.807) is 6.08 Å². The molecule has 1 rings (SSSR count). The average molecular weight is 296 g/mol. The molecule has 0 heterocycles. The normalized spacial score (nSPS) is 16.3. The third-order valence-corrected chi connectivity index (χ3v) is 3.48. The van der Waals surface area contributed by atoms with Crippen LogP contribution in [0.2, 0.25) is 0 Å². The second kappa shape index (κ2) is 8.88. The summed E-state index contributed by atoms with van der Waals surface area (Å²) in [5, 5.41) is 9.64. The van der Waals surface area contributed by atoms with E-state index in [4.69, 9.17) is 9.47 Å². The summed E-state index contributed by atoms with van der Waals surface area (Å²) in [6, 6.07) is 0. The molecule has 1 atom stereocenters. The van der Waals surface area contributed by atoms with Gasteiger partial charge in [-0.25, -0.2) is 4.79 Å². The van der Waals surface area contributed by atoms with Crippen LogP contribution in [-0.2, 0) is 9.47 Å². The van der Waals surface area contributed by atoms with Gasteiger partial charge in [-0.15, -0.1) is 0 Å². The Morgan fingerprint density at radius 1 is 1.38 bits per heavy atom. The zero-order valence-corrected chi connectivity index (χ0v) is 13.4. The molecule has 1 unspecified atom stereocenters. The van der Waals surface area contributed by atoms with Crippen molar-refractivity contribution in [3.8, 4) is 0 Å². The minimum Gasteiger partial charge on any atom is -0.434 e. The maximum absolute atomic E-state index is 11.5. The molecule has 1 aliphatic rings. The molecular weight excluding hydrogens is 268 g/mol. The van der Waals surface area contributed by atoms with Crippen LogP contribution in [0.3, 0.4) is 0 Å². The Balaban J connectivity index is 2.08. The van der Waals surface area contributed by atoms with Crippen LogP contribution in [-0.4, -0.2) is 23.5 Å². The first-order chi connectivity index (χ1) is 9.87. The zero-order valence-electron chi connectivity index (χ0n) is 13.4. The van der Waals surface area contributed by atoms with Gasteiger partial charge in [-0.1, -0.05) is 25.8 Å². The first-order valence-electron chi connectivity index (χ1n) is 7.80. The van der Waals surface area contributed by atoms with Gasteiger partial charge in [0, 0.05) is 0 Å². The molecule has 120 valence electrons. The highest BCUT2D eigenvalue weighted by atomic mass is 16.7. The van der Waals surface area contributed by atoms with Crippen LogP contribution in [0.4, 0.5) is 4.79 Å². The van der Waals surface area contributed by atoms with E-state index in [9.17, 15) is 9.90 Å². The smallest absolute Gasteiger partial charge is 0.434 e. The Morgan fingerprint density at radius 2 is 2.14 bits per heavy atom. The van der Waals surface area contributed by atoms with Crippen LogP contribution in [0.1, 0.15) is 59.3 Å². The van der Waals surface area contributed by atoms with Crippen LogP contribution in [0, 0.1) is 5.92 Å². The van der Waals surface area contributed by atoms with Gasteiger partial charge in [-0.2, -0.15) is 0 Å². The molecule has 4 heteroatoms. The minimum absolute atomic E-state index is 0.375. The van der Waals surface area contributed by atoms with E-state index in [0.717, 1.165) is 38.5 Å². The number of ether oxygens (including phenoxy) is 2. The van der Waals surface area contributed by atoms with Crippen molar-refractivity contribution >= 4 is 6.16 Å². The molecule has 0 saturated heterocycles. The number of aliphatic hydroxyl groups is 1. The van der Waals surface area contributed by atoms with E-state index in [-0.39, 0.29) is 0 Å². The zero-order chi connectivity index (χ0) is 15.7. The van der Waals surface area contributed by atoms with E-state index < -0.39 is 11.8 Å². The van der Waals surface area contributed by atoms with Crippen molar-refractivity contribution in [1.82, 2.24) is 0 Å². The minimum atomic E-state index is -0.628. The maximum Gasteiger partial charge on any atom is 0.513 e. The quantitative estimate of drug-likeness (QED) is 0.677. The number of rotatable bonds is 8. The second-order valence-electron chi connectivity index (χ2n) is 6.39. The molecule has 0 bridgehead atoms. The summed E-state index contributed by atoms with van der Waals surface area (Å²) >= 11 is 0. The lowest BCUT2D eigenvalue weighted by Crippen LogP contribution is -2.18. The van der Waals surface area contributed by atoms with Gasteiger partial charge in [0.1, 0.15) is 5.76 Å². The molecular formula is C17H28O4. The van der Waals surface area contributed by atoms with Crippen molar-refractivity contribution in [3.05, 3.63) is 24.0 Å². The molecule has 0 amide bonds. The van der Waals surface area contributed by atoms with E-state index in [1.807, 2.05) is 26.0 Å². The van der Waals surface area contributed by atoms with Crippen molar-refractivity contribution < 1.29 is 19.4 Å². The van der Waals surface area contributed by atoms with Crippen molar-refractivity contribution in [3.63, 3.8) is 0 Å². The van der Waals surface area contributed by atoms with Crippen molar-refractivity contribution in [1.29, 1.82) is 0 Å². The van der Waals surface area contributed by atoms with Crippen molar-refractivity contribution in [2.24, 2.45) is 5.92 Å². The number of hydrogen-bond donors (Lipinski definition) is 1. The van der Waals surface area contributed by atoms with E-state index >= 15 is 0 Å². The predicted molar refractivity (Wildman–Crippen MR) is 82.8 cm³/mol. The molecule has 0 aromatic heterocycles. The Bertz CT molecular complexity index is 377. The van der Waals surface area contributed by atoms with Gasteiger partial charge in [0.15, 0.2) is 0 Å². The number of carbonyl (C=O) groups excluding carboxylic acids is 1. The molecule has 4 nitrogen and oxygen atoms in total. The topological polar surface area (TPSA) is 55.8 Å². The summed E-state index contributed by atoms with van der Waals surface area (Å²) in [7, 11) is 0. The van der Waals surface area contributed by atoms with Gasteiger partial charge in [0.25, 0.3) is 0 Å². The van der Waals surface area contributed by atoms with E-state index in [2.05, 4.69) is 6.92 Å². The highest BCUT2D eigenvalue weighted by Gasteiger charge is 2.13. The van der Waals surface area contributed by atoms with Crippen LogP contribution in [0.5, 0.6) is 0 Å². The molecule has 0 fully saturated rings. The highest BCUT2D eigenvalue weighted by molar-refractivity contribution is 5.62. The summed E-state index contributed by atoms with van der Waals surface area (Å²) in [6.07, 6.45) is 10.5. The second-order valence-corrected chi connectivity index (χ2v) is 6.39. The molecule has 0 aliphatic heterocycles. The largest absolute Gasteiger partial charge is 0.513 e. The molecule has 1 N–H and O–H groups in total. The van der Waals surface area contributed by atoms with Gasteiger partial charge in [0.2, 0.25) is 0 Å². The van der Waals surface area contributed by atoms with Gasteiger partial charge < -0.3 is 14.6 Å². The molecule has 0 radical (unpaired) electrons. The van der Waals surface area contributed by atoms with Crippen LogP contribution in [0.15, 0.2) is 24.0 Å². The Hall–Kier alpha value is -1.29. The van der Waals surface area contributed by atoms with Gasteiger partial charge in [0.05, 0.1) is 12.2 Å². The standard InChI is InChI=1S/C17H28O4/c1-14(8-7-12-17(2,3)19)11-13-20-16(18)21-15-9-5-4-6-10-15/h5,9-10,14,19H,4,6-8,11-13H2,1-3H3. The number of carbonyl (C=O) groups is 1. The molecule has 0 aromatic rings. The van der Waals surface area contributed by atoms with Crippen molar-refractivity contribution in [2.75, 3.05) is 6.61 Å². The third-order valence-electron chi connectivity index (χ3n) is 3.48. The third kappa shape index (κ3) is 9.29. The highest BCUT2D eigenvalue weighted by Crippen LogP contribution is 2.18. The average Bonchev–Trinajstić information content (AvgIpc) is 2.38. The monoisotopic (exact) mass is 296 g/mol. The van der Waals surface area contributed by atoms with E-state index in [1.165, 1.54) is 0 Å². The SMILES string of the molecule is CC(CCCC(C)(C)O)CCOC(=O)OC1=CCCC=C1. The van der Waals surface area contributed by atoms with Crippen molar-refractivity contribution in [2.45, 2.75) is 64.9 Å². The van der Waals surface area contributed by atoms with Crippen LogP contribution in [0.25, 0.3) is 0 Å². The molecule has 0 spiro atoms. The first-order valence-corrected chi connectivity index (χ1v) is 7.80. The maximum atomic E-state index is 11.5. The molecule has 0 saturated carbocycles. The lowest BCUT2D eigenvalue weighted by atomic mass is 9.95. The first kappa shape index (κ1) is 17.8. The van der Waals surface area contributed by atoms with Gasteiger partial charge in [-0.05, 0) is 57.6 Å². The fraction of sp³-hybridized carbons (Fsp3) is 0.706. The fourth-order valence-electron chi connectivity index (χ4n) is 2.16. The fourth-order valence-corrected chi connectivity index (χ4v) is 2.16. The Labute approximate surface area is 127 Å². The summed E-state index contributed by atoms with van der Waals surface area (Å²) in [5.41, 5.74) is -0.596. The number of allylic oxidation sites excluding steroid dienone is 3. The molecule has 21 heavy (non-hydrogen) atoms. The summed E-state index contributed by atoms with van der Waals surface area (Å²) in [4.78, 5) is 11.5. The lowest BCUT2D eigenvalue weighted by Gasteiger charge is -2.18. The van der Waals surface area contributed by atoms with E-state index in [0.29, 0.717) is 18.3 Å². The summed E-state index contributed by atoms with van der Waals surface area (Å²) in [5.74, 6) is 1.04. The van der Waals surface area contributed by atoms with Crippen LogP contribution < -0.4 is 0 Å². The van der Waals surface area contributed by atoms with Crippen LogP contribution >= 0.6 is 0 Å². The number of hydrogen-bond acceptors (Lipinski definition) is 4. The summed E-state index contributed by atoms with van der Waals surface area (Å²) < 4.78 is 10.2. The molecule has 0 aromatic carbocycles. The Morgan fingerprint density at radius 3 is 2.76 bits per heavy atom. The molecule has 1 aliphatic carbocycles. The Kier molecular flexibility index (Phi) is 7.51. The van der Waals surface area contributed by atoms with Gasteiger partial charge >= 0.3 is 6.16 Å². The predicted octanol–water partition coefficient (Wildman–Crippen LogP) is 4.34. The van der Waals surface area contributed by atoms with Gasteiger partial charge in [-0.3, -0.25) is 0 Å². The summed E-state index contributed by atoms with van der Waals surface area (Å²) in [6.45, 7) is 6.15. The lowest BCUT2D eigenvalue weighted by molar-refractivity contribution is 0.0648.